The van der Waals surface area contributed by atoms with Crippen molar-refractivity contribution >= 4 is 91.9 Å². The van der Waals surface area contributed by atoms with Crippen LogP contribution >= 0.6 is 11.3 Å². The first-order chi connectivity index (χ1) is 28.2. The maximum atomic E-state index is 2.43. The number of anilines is 3. The van der Waals surface area contributed by atoms with Crippen molar-refractivity contribution in [3.8, 4) is 27.9 Å². The van der Waals surface area contributed by atoms with E-state index in [-0.39, 0.29) is 0 Å². The number of nitrogens with zero attached hydrogens (tertiary/aromatic N) is 2. The van der Waals surface area contributed by atoms with Crippen molar-refractivity contribution in [3.05, 3.63) is 206 Å². The van der Waals surface area contributed by atoms with Crippen LogP contribution in [0, 0.1) is 0 Å². The first-order valence-corrected chi connectivity index (χ1v) is 20.3. The Kier molecular flexibility index (Phi) is 7.13. The molecule has 0 radical (unpaired) electrons. The molecule has 0 aliphatic heterocycles. The van der Waals surface area contributed by atoms with Crippen molar-refractivity contribution in [1.29, 1.82) is 0 Å². The molecular formula is C54H34N2S. The molecule has 0 atom stereocenters. The Hall–Kier alpha value is -7.20. The Morgan fingerprint density at radius 1 is 0.351 bits per heavy atom. The Bertz CT molecular complexity index is 3390. The van der Waals surface area contributed by atoms with Crippen molar-refractivity contribution in [2.45, 2.75) is 0 Å². The molecular weight excluding hydrogens is 709 g/mol. The second-order valence-corrected chi connectivity index (χ2v) is 16.0. The van der Waals surface area contributed by atoms with E-state index < -0.39 is 0 Å². The zero-order valence-electron chi connectivity index (χ0n) is 30.9. The van der Waals surface area contributed by atoms with Gasteiger partial charge in [0.15, 0.2) is 0 Å². The van der Waals surface area contributed by atoms with Crippen LogP contribution in [0.1, 0.15) is 0 Å². The van der Waals surface area contributed by atoms with E-state index in [1.165, 1.54) is 85.8 Å². The molecule has 57 heavy (non-hydrogen) atoms. The lowest BCUT2D eigenvalue weighted by atomic mass is 9.98. The Morgan fingerprint density at radius 2 is 0.930 bits per heavy atom. The van der Waals surface area contributed by atoms with Crippen LogP contribution in [0.25, 0.3) is 91.5 Å². The number of aromatic nitrogens is 1. The normalized spacial score (nSPS) is 11.9. The highest BCUT2D eigenvalue weighted by molar-refractivity contribution is 7.25. The van der Waals surface area contributed by atoms with Crippen LogP contribution in [-0.2, 0) is 0 Å². The van der Waals surface area contributed by atoms with Crippen molar-refractivity contribution in [3.63, 3.8) is 0 Å². The molecule has 0 fully saturated rings. The molecule has 12 aromatic rings. The molecule has 266 valence electrons. The molecule has 2 aromatic heterocycles. The summed E-state index contributed by atoms with van der Waals surface area (Å²) in [6.07, 6.45) is 0. The first-order valence-electron chi connectivity index (χ1n) is 19.5. The predicted molar refractivity (Wildman–Crippen MR) is 245 cm³/mol. The van der Waals surface area contributed by atoms with Crippen LogP contribution in [0.2, 0.25) is 0 Å². The Balaban J connectivity index is 0.962. The zero-order chi connectivity index (χ0) is 37.5. The maximum Gasteiger partial charge on any atom is 0.0547 e. The molecule has 0 spiro atoms. The van der Waals surface area contributed by atoms with Gasteiger partial charge in [0.25, 0.3) is 0 Å². The third-order valence-electron chi connectivity index (χ3n) is 11.7. The second-order valence-electron chi connectivity index (χ2n) is 14.9. The molecule has 0 aliphatic rings. The highest BCUT2D eigenvalue weighted by Gasteiger charge is 2.18. The first kappa shape index (κ1) is 32.1. The van der Waals surface area contributed by atoms with Gasteiger partial charge in [-0.25, -0.2) is 0 Å². The van der Waals surface area contributed by atoms with Crippen LogP contribution < -0.4 is 4.90 Å². The zero-order valence-corrected chi connectivity index (χ0v) is 31.7. The SMILES string of the molecule is c1cc(-c2ccc(N(c3ccc(-c4cccc5ccccc45)cc3)c3ccc4sc5ccccc5c4c3)cc2)cc(-n2c3cccc4ccc5cccc2c5c43)c1. The molecule has 3 heteroatoms. The Morgan fingerprint density at radius 3 is 1.68 bits per heavy atom. The molecule has 0 amide bonds. The fraction of sp³-hybridized carbons (Fsp3) is 0. The summed E-state index contributed by atoms with van der Waals surface area (Å²) < 4.78 is 5.04. The van der Waals surface area contributed by atoms with Crippen LogP contribution in [0.4, 0.5) is 17.1 Å². The predicted octanol–water partition coefficient (Wildman–Crippen LogP) is 15.7. The van der Waals surface area contributed by atoms with Crippen LogP contribution in [0.15, 0.2) is 206 Å². The van der Waals surface area contributed by atoms with Gasteiger partial charge in [0, 0.05) is 53.7 Å². The third-order valence-corrected chi connectivity index (χ3v) is 12.9. The molecule has 0 unspecified atom stereocenters. The van der Waals surface area contributed by atoms with E-state index in [0.717, 1.165) is 22.7 Å². The summed E-state index contributed by atoms with van der Waals surface area (Å²) in [7, 11) is 0. The number of hydrogen-bond acceptors (Lipinski definition) is 2. The molecule has 10 aromatic carbocycles. The smallest absolute Gasteiger partial charge is 0.0547 e. The maximum absolute atomic E-state index is 2.43. The van der Waals surface area contributed by atoms with Gasteiger partial charge < -0.3 is 9.47 Å². The average Bonchev–Trinajstić information content (AvgIpc) is 3.83. The number of rotatable bonds is 6. The number of hydrogen-bond donors (Lipinski definition) is 0. The molecule has 0 aliphatic carbocycles. The largest absolute Gasteiger partial charge is 0.310 e. The van der Waals surface area contributed by atoms with Crippen LogP contribution in [-0.4, -0.2) is 4.57 Å². The molecule has 2 nitrogen and oxygen atoms in total. The molecule has 12 rings (SSSR count). The van der Waals surface area contributed by atoms with Gasteiger partial charge in [-0.15, -0.1) is 11.3 Å². The van der Waals surface area contributed by atoms with E-state index in [9.17, 15) is 0 Å². The standard InChI is InChI=1S/C54H34N2S/c1-2-15-45-36(9-1)10-6-17-46(45)37-25-29-42(30-26-37)55(44-31-32-52-48(34-44)47-16-3-4-20-51(47)57-52)41-27-23-35(24-28-41)40-13-5-14-43(33-40)56-49-18-7-11-38-21-22-39-12-8-19-50(56)54(39)53(38)49/h1-34H. The van der Waals surface area contributed by atoms with Crippen LogP contribution in [0.5, 0.6) is 0 Å². The molecule has 2 heterocycles. The fourth-order valence-electron chi connectivity index (χ4n) is 9.09. The van der Waals surface area contributed by atoms with Crippen molar-refractivity contribution in [1.82, 2.24) is 4.57 Å². The minimum atomic E-state index is 1.11. The number of benzene rings is 10. The number of thiophene rings is 1. The minimum absolute atomic E-state index is 1.11. The van der Waals surface area contributed by atoms with Crippen LogP contribution in [0.3, 0.4) is 0 Å². The monoisotopic (exact) mass is 742 g/mol. The van der Waals surface area contributed by atoms with Gasteiger partial charge in [0.2, 0.25) is 0 Å². The lowest BCUT2D eigenvalue weighted by Crippen LogP contribution is -2.09. The lowest BCUT2D eigenvalue weighted by molar-refractivity contribution is 1.18. The highest BCUT2D eigenvalue weighted by atomic mass is 32.1. The quantitative estimate of drug-likeness (QED) is 0.154. The molecule has 0 saturated carbocycles. The van der Waals surface area contributed by atoms with Gasteiger partial charge in [0.05, 0.1) is 11.0 Å². The van der Waals surface area contributed by atoms with E-state index in [1.807, 2.05) is 11.3 Å². The number of fused-ring (bicyclic) bond motifs is 4. The topological polar surface area (TPSA) is 8.17 Å². The van der Waals surface area contributed by atoms with Gasteiger partial charge in [-0.05, 0) is 117 Å². The fourth-order valence-corrected chi connectivity index (χ4v) is 10.2. The summed E-state index contributed by atoms with van der Waals surface area (Å²) in [5.74, 6) is 0. The Labute approximate surface area is 334 Å². The van der Waals surface area contributed by atoms with Gasteiger partial charge in [-0.1, -0.05) is 133 Å². The van der Waals surface area contributed by atoms with Gasteiger partial charge >= 0.3 is 0 Å². The lowest BCUT2D eigenvalue weighted by Gasteiger charge is -2.26. The summed E-state index contributed by atoms with van der Waals surface area (Å²) in [5.41, 5.74) is 11.8. The van der Waals surface area contributed by atoms with Crippen molar-refractivity contribution < 1.29 is 0 Å². The van der Waals surface area contributed by atoms with E-state index in [4.69, 9.17) is 0 Å². The third kappa shape index (κ3) is 5.10. The van der Waals surface area contributed by atoms with Crippen molar-refractivity contribution in [2.24, 2.45) is 0 Å². The summed E-state index contributed by atoms with van der Waals surface area (Å²) in [6.45, 7) is 0. The van der Waals surface area contributed by atoms with E-state index in [2.05, 4.69) is 216 Å². The molecule has 0 bridgehead atoms. The minimum Gasteiger partial charge on any atom is -0.310 e. The van der Waals surface area contributed by atoms with E-state index in [0.29, 0.717) is 0 Å². The van der Waals surface area contributed by atoms with E-state index in [1.54, 1.807) is 0 Å². The summed E-state index contributed by atoms with van der Waals surface area (Å²) in [5, 5.41) is 10.3. The van der Waals surface area contributed by atoms with Gasteiger partial charge in [-0.3, -0.25) is 0 Å². The second kappa shape index (κ2) is 12.7. The molecule has 0 N–H and O–H groups in total. The van der Waals surface area contributed by atoms with E-state index >= 15 is 0 Å². The highest BCUT2D eigenvalue weighted by Crippen LogP contribution is 2.43. The summed E-state index contributed by atoms with van der Waals surface area (Å²) >= 11 is 1.86. The summed E-state index contributed by atoms with van der Waals surface area (Å²) in [6, 6.07) is 75.7. The van der Waals surface area contributed by atoms with Crippen molar-refractivity contribution in [2.75, 3.05) is 4.90 Å². The van der Waals surface area contributed by atoms with Gasteiger partial charge in [-0.2, -0.15) is 0 Å². The average molecular weight is 743 g/mol. The van der Waals surface area contributed by atoms with Gasteiger partial charge in [0.1, 0.15) is 0 Å². The molecule has 0 saturated heterocycles. The summed E-state index contributed by atoms with van der Waals surface area (Å²) in [4.78, 5) is 2.39.